The molecule has 1 saturated heterocycles. The second-order valence-corrected chi connectivity index (χ2v) is 6.79. The molecular formula is C19H27F3IN5. The topological polar surface area (TPSA) is 63.5 Å². The molecular weight excluding hydrogens is 482 g/mol. The normalized spacial score (nSPS) is 16.2. The second-order valence-electron chi connectivity index (χ2n) is 6.79. The van der Waals surface area contributed by atoms with Gasteiger partial charge in [0.25, 0.3) is 0 Å². The standard InChI is InChI=1S/C19H26F3N5.HI/c1-24-18(26-13-17-4-2-3-16(11-17)12-23)25-8-5-15-6-9-27(10-7-15)14-19(20,21)22;/h2-4,11,15H,5-10,13-14H2,1H3,(H2,24,25,26);1H. The molecule has 1 fully saturated rings. The van der Waals surface area contributed by atoms with E-state index in [2.05, 4.69) is 21.7 Å². The average molecular weight is 509 g/mol. The summed E-state index contributed by atoms with van der Waals surface area (Å²) in [5, 5.41) is 15.4. The Morgan fingerprint density at radius 2 is 2.00 bits per heavy atom. The lowest BCUT2D eigenvalue weighted by Gasteiger charge is -2.32. The van der Waals surface area contributed by atoms with Gasteiger partial charge in [-0.2, -0.15) is 18.4 Å². The van der Waals surface area contributed by atoms with E-state index in [4.69, 9.17) is 5.26 Å². The van der Waals surface area contributed by atoms with Gasteiger partial charge in [0, 0.05) is 20.1 Å². The highest BCUT2D eigenvalue weighted by Gasteiger charge is 2.32. The average Bonchev–Trinajstić information content (AvgIpc) is 2.65. The molecule has 0 unspecified atom stereocenters. The maximum absolute atomic E-state index is 12.4. The van der Waals surface area contributed by atoms with Gasteiger partial charge in [0.05, 0.1) is 18.2 Å². The van der Waals surface area contributed by atoms with Crippen molar-refractivity contribution in [2.24, 2.45) is 10.9 Å². The quantitative estimate of drug-likeness (QED) is 0.350. The van der Waals surface area contributed by atoms with Gasteiger partial charge >= 0.3 is 6.18 Å². The number of piperidine rings is 1. The first-order valence-electron chi connectivity index (χ1n) is 9.12. The summed E-state index contributed by atoms with van der Waals surface area (Å²) in [6.07, 6.45) is -1.61. The summed E-state index contributed by atoms with van der Waals surface area (Å²) in [4.78, 5) is 5.66. The van der Waals surface area contributed by atoms with Crippen molar-refractivity contribution in [1.82, 2.24) is 15.5 Å². The molecule has 0 bridgehead atoms. The third-order valence-corrected chi connectivity index (χ3v) is 4.69. The van der Waals surface area contributed by atoms with E-state index >= 15 is 0 Å². The monoisotopic (exact) mass is 509 g/mol. The number of nitriles is 1. The number of aliphatic imine (C=N–C) groups is 1. The summed E-state index contributed by atoms with van der Waals surface area (Å²) in [5.41, 5.74) is 1.61. The molecule has 1 aliphatic heterocycles. The lowest BCUT2D eigenvalue weighted by molar-refractivity contribution is -0.148. The minimum atomic E-state index is -4.11. The van der Waals surface area contributed by atoms with Gasteiger partial charge in [-0.25, -0.2) is 0 Å². The van der Waals surface area contributed by atoms with Crippen molar-refractivity contribution < 1.29 is 13.2 Å². The molecule has 0 atom stereocenters. The number of hydrogen-bond donors (Lipinski definition) is 2. The summed E-state index contributed by atoms with van der Waals surface area (Å²) in [6, 6.07) is 9.49. The number of benzene rings is 1. The molecule has 0 spiro atoms. The number of likely N-dealkylation sites (tertiary alicyclic amines) is 1. The molecule has 0 aliphatic carbocycles. The van der Waals surface area contributed by atoms with Crippen LogP contribution in [0.1, 0.15) is 30.4 Å². The fraction of sp³-hybridized carbons (Fsp3) is 0.579. The van der Waals surface area contributed by atoms with E-state index in [-0.39, 0.29) is 24.0 Å². The van der Waals surface area contributed by atoms with E-state index in [1.54, 1.807) is 13.1 Å². The summed E-state index contributed by atoms with van der Waals surface area (Å²) in [6.45, 7) is 1.49. The number of nitrogens with one attached hydrogen (secondary N) is 2. The van der Waals surface area contributed by atoms with E-state index in [0.717, 1.165) is 31.4 Å². The van der Waals surface area contributed by atoms with Crippen molar-refractivity contribution in [1.29, 1.82) is 5.26 Å². The summed E-state index contributed by atoms with van der Waals surface area (Å²) in [7, 11) is 1.69. The molecule has 0 amide bonds. The third kappa shape index (κ3) is 9.10. The highest BCUT2D eigenvalue weighted by molar-refractivity contribution is 14.0. The molecule has 0 radical (unpaired) electrons. The van der Waals surface area contributed by atoms with Crippen LogP contribution in [0, 0.1) is 17.2 Å². The second kappa shape index (κ2) is 12.1. The highest BCUT2D eigenvalue weighted by Crippen LogP contribution is 2.23. The molecule has 1 aromatic carbocycles. The Morgan fingerprint density at radius 1 is 1.29 bits per heavy atom. The Balaban J connectivity index is 0.00000392. The van der Waals surface area contributed by atoms with Crippen molar-refractivity contribution >= 4 is 29.9 Å². The molecule has 1 aliphatic rings. The number of guanidine groups is 1. The maximum Gasteiger partial charge on any atom is 0.401 e. The number of nitrogens with zero attached hydrogens (tertiary/aromatic N) is 3. The predicted molar refractivity (Wildman–Crippen MR) is 115 cm³/mol. The Labute approximate surface area is 181 Å². The molecule has 156 valence electrons. The first kappa shape index (κ1) is 24.5. The van der Waals surface area contributed by atoms with Crippen molar-refractivity contribution in [2.45, 2.75) is 32.0 Å². The zero-order chi connectivity index (χ0) is 19.7. The van der Waals surface area contributed by atoms with Gasteiger partial charge in [0.2, 0.25) is 0 Å². The van der Waals surface area contributed by atoms with E-state index in [0.29, 0.717) is 37.1 Å². The lowest BCUT2D eigenvalue weighted by atomic mass is 9.93. The maximum atomic E-state index is 12.4. The Hall–Kier alpha value is -1.54. The minimum absolute atomic E-state index is 0. The third-order valence-electron chi connectivity index (χ3n) is 4.69. The Morgan fingerprint density at radius 3 is 2.61 bits per heavy atom. The summed E-state index contributed by atoms with van der Waals surface area (Å²) in [5.74, 6) is 1.11. The van der Waals surface area contributed by atoms with Crippen molar-refractivity contribution in [3.05, 3.63) is 35.4 Å². The van der Waals surface area contributed by atoms with Crippen LogP contribution in [0.15, 0.2) is 29.3 Å². The van der Waals surface area contributed by atoms with Crippen LogP contribution in [0.2, 0.25) is 0 Å². The van der Waals surface area contributed by atoms with Gasteiger partial charge < -0.3 is 10.6 Å². The molecule has 2 rings (SSSR count). The SMILES string of the molecule is CN=C(NCCC1CCN(CC(F)(F)F)CC1)NCc1cccc(C#N)c1.I. The minimum Gasteiger partial charge on any atom is -0.356 e. The zero-order valence-electron chi connectivity index (χ0n) is 15.9. The predicted octanol–water partition coefficient (Wildman–Crippen LogP) is 3.51. The number of rotatable bonds is 6. The molecule has 0 saturated carbocycles. The summed E-state index contributed by atoms with van der Waals surface area (Å²) >= 11 is 0. The fourth-order valence-electron chi connectivity index (χ4n) is 3.24. The van der Waals surface area contributed by atoms with Gasteiger partial charge in [0.1, 0.15) is 0 Å². The van der Waals surface area contributed by atoms with E-state index in [1.165, 1.54) is 4.90 Å². The van der Waals surface area contributed by atoms with Gasteiger partial charge in [-0.3, -0.25) is 9.89 Å². The van der Waals surface area contributed by atoms with E-state index in [9.17, 15) is 13.2 Å². The molecule has 0 aromatic heterocycles. The van der Waals surface area contributed by atoms with Crippen molar-refractivity contribution in [3.8, 4) is 6.07 Å². The van der Waals surface area contributed by atoms with Gasteiger partial charge in [-0.05, 0) is 56.0 Å². The fourth-order valence-corrected chi connectivity index (χ4v) is 3.24. The van der Waals surface area contributed by atoms with Crippen LogP contribution in [0.25, 0.3) is 0 Å². The summed E-state index contributed by atoms with van der Waals surface area (Å²) < 4.78 is 37.3. The number of halogens is 4. The van der Waals surface area contributed by atoms with Crippen LogP contribution in [-0.2, 0) is 6.54 Å². The van der Waals surface area contributed by atoms with Crippen LogP contribution < -0.4 is 10.6 Å². The number of hydrogen-bond acceptors (Lipinski definition) is 3. The Bertz CT molecular complexity index is 664. The van der Waals surface area contributed by atoms with Gasteiger partial charge in [0.15, 0.2) is 5.96 Å². The molecule has 28 heavy (non-hydrogen) atoms. The lowest BCUT2D eigenvalue weighted by Crippen LogP contribution is -2.41. The Kier molecular flexibility index (Phi) is 10.6. The smallest absolute Gasteiger partial charge is 0.356 e. The molecule has 1 heterocycles. The van der Waals surface area contributed by atoms with E-state index in [1.807, 2.05) is 18.2 Å². The zero-order valence-corrected chi connectivity index (χ0v) is 18.3. The van der Waals surface area contributed by atoms with Crippen LogP contribution >= 0.6 is 24.0 Å². The van der Waals surface area contributed by atoms with Gasteiger partial charge in [-0.1, -0.05) is 12.1 Å². The van der Waals surface area contributed by atoms with Crippen molar-refractivity contribution in [2.75, 3.05) is 33.2 Å². The highest BCUT2D eigenvalue weighted by atomic mass is 127. The number of alkyl halides is 3. The first-order valence-corrected chi connectivity index (χ1v) is 9.12. The molecule has 1 aromatic rings. The molecule has 5 nitrogen and oxygen atoms in total. The van der Waals surface area contributed by atoms with Gasteiger partial charge in [-0.15, -0.1) is 24.0 Å². The van der Waals surface area contributed by atoms with Crippen LogP contribution in [0.3, 0.4) is 0 Å². The molecule has 9 heteroatoms. The molecule has 2 N–H and O–H groups in total. The first-order chi connectivity index (χ1) is 12.9. The van der Waals surface area contributed by atoms with Crippen LogP contribution in [-0.4, -0.2) is 50.3 Å². The van der Waals surface area contributed by atoms with Crippen LogP contribution in [0.5, 0.6) is 0 Å². The van der Waals surface area contributed by atoms with E-state index < -0.39 is 12.7 Å². The van der Waals surface area contributed by atoms with Crippen molar-refractivity contribution in [3.63, 3.8) is 0 Å². The van der Waals surface area contributed by atoms with Crippen LogP contribution in [0.4, 0.5) is 13.2 Å². The largest absolute Gasteiger partial charge is 0.401 e.